The third-order valence-electron chi connectivity index (χ3n) is 3.63. The fraction of sp³-hybridized carbons (Fsp3) is 0.300. The summed E-state index contributed by atoms with van der Waals surface area (Å²) < 4.78 is 16.8. The molecular weight excluding hydrogens is 386 g/mol. The van der Waals surface area contributed by atoms with Crippen LogP contribution < -0.4 is 19.5 Å². The molecule has 0 aliphatic rings. The van der Waals surface area contributed by atoms with Crippen LogP contribution in [0.3, 0.4) is 0 Å². The number of hydrogen-bond donors (Lipinski definition) is 2. The standard InChI is InChI=1S/C20H22ClNO6/c1-4-26-16-9-12(10-17(27-5-2)18(16)28-6-3)19(23)22-15-8-7-13(21)11-14(15)20(24)25/h7-11H,4-6H2,1-3H3,(H,22,23)(H,24,25). The summed E-state index contributed by atoms with van der Waals surface area (Å²) in [6.45, 7) is 6.61. The maximum atomic E-state index is 12.8. The highest BCUT2D eigenvalue weighted by Gasteiger charge is 2.20. The Hall–Kier alpha value is -2.93. The molecule has 2 N–H and O–H groups in total. The van der Waals surface area contributed by atoms with Gasteiger partial charge in [-0.3, -0.25) is 4.79 Å². The lowest BCUT2D eigenvalue weighted by Gasteiger charge is -2.17. The molecule has 28 heavy (non-hydrogen) atoms. The van der Waals surface area contributed by atoms with Crippen molar-refractivity contribution in [1.82, 2.24) is 0 Å². The first-order valence-electron chi connectivity index (χ1n) is 8.81. The molecule has 0 aliphatic heterocycles. The zero-order chi connectivity index (χ0) is 20.7. The summed E-state index contributed by atoms with van der Waals surface area (Å²) in [7, 11) is 0. The summed E-state index contributed by atoms with van der Waals surface area (Å²) in [6, 6.07) is 7.27. The topological polar surface area (TPSA) is 94.1 Å². The molecule has 0 saturated heterocycles. The number of halogens is 1. The van der Waals surface area contributed by atoms with Gasteiger partial charge in [0.05, 0.1) is 31.1 Å². The molecule has 0 aromatic heterocycles. The minimum absolute atomic E-state index is 0.109. The smallest absolute Gasteiger partial charge is 0.337 e. The summed E-state index contributed by atoms with van der Waals surface area (Å²) in [5, 5.41) is 12.2. The molecule has 0 heterocycles. The van der Waals surface area contributed by atoms with Gasteiger partial charge >= 0.3 is 5.97 Å². The maximum absolute atomic E-state index is 12.8. The summed E-state index contributed by atoms with van der Waals surface area (Å²) in [5.41, 5.74) is 0.259. The minimum Gasteiger partial charge on any atom is -0.490 e. The molecule has 8 heteroatoms. The molecule has 1 amide bonds. The van der Waals surface area contributed by atoms with Crippen molar-refractivity contribution in [3.05, 3.63) is 46.5 Å². The second-order valence-corrected chi connectivity index (χ2v) is 5.99. The summed E-state index contributed by atoms with van der Waals surface area (Å²) in [4.78, 5) is 24.2. The van der Waals surface area contributed by atoms with Gasteiger partial charge in [-0.15, -0.1) is 0 Å². The molecular formula is C20H22ClNO6. The van der Waals surface area contributed by atoms with Crippen molar-refractivity contribution < 1.29 is 28.9 Å². The number of rotatable bonds is 9. The molecule has 2 rings (SSSR count). The van der Waals surface area contributed by atoms with Crippen molar-refractivity contribution >= 4 is 29.2 Å². The number of aromatic carboxylic acids is 1. The molecule has 0 atom stereocenters. The second kappa shape index (κ2) is 9.85. The lowest BCUT2D eigenvalue weighted by atomic mass is 10.1. The Labute approximate surface area is 168 Å². The fourth-order valence-corrected chi connectivity index (χ4v) is 2.69. The maximum Gasteiger partial charge on any atom is 0.337 e. The number of nitrogens with one attached hydrogen (secondary N) is 1. The van der Waals surface area contributed by atoms with Gasteiger partial charge in [-0.25, -0.2) is 4.79 Å². The molecule has 2 aromatic carbocycles. The molecule has 0 saturated carbocycles. The second-order valence-electron chi connectivity index (χ2n) is 5.55. The number of amides is 1. The van der Waals surface area contributed by atoms with Gasteiger partial charge < -0.3 is 24.6 Å². The predicted molar refractivity (Wildman–Crippen MR) is 106 cm³/mol. The predicted octanol–water partition coefficient (Wildman–Crippen LogP) is 4.49. The van der Waals surface area contributed by atoms with E-state index >= 15 is 0 Å². The number of carboxylic acids is 1. The molecule has 7 nitrogen and oxygen atoms in total. The monoisotopic (exact) mass is 407 g/mol. The van der Waals surface area contributed by atoms with Crippen molar-refractivity contribution in [1.29, 1.82) is 0 Å². The lowest BCUT2D eigenvalue weighted by Crippen LogP contribution is -2.15. The Bertz CT molecular complexity index is 841. The molecule has 0 bridgehead atoms. The number of ether oxygens (including phenoxy) is 3. The first-order chi connectivity index (χ1) is 13.4. The van der Waals surface area contributed by atoms with Crippen LogP contribution >= 0.6 is 11.6 Å². The first kappa shape index (κ1) is 21.4. The highest BCUT2D eigenvalue weighted by atomic mass is 35.5. The van der Waals surface area contributed by atoms with Crippen molar-refractivity contribution in [2.24, 2.45) is 0 Å². The van der Waals surface area contributed by atoms with Gasteiger partial charge in [-0.05, 0) is 51.1 Å². The molecule has 0 radical (unpaired) electrons. The van der Waals surface area contributed by atoms with E-state index in [0.717, 1.165) is 0 Å². The zero-order valence-corrected chi connectivity index (χ0v) is 16.6. The third kappa shape index (κ3) is 5.07. The fourth-order valence-electron chi connectivity index (χ4n) is 2.52. The van der Waals surface area contributed by atoms with Gasteiger partial charge in [0, 0.05) is 10.6 Å². The Morgan fingerprint density at radius 2 is 1.54 bits per heavy atom. The van der Waals surface area contributed by atoms with E-state index in [0.29, 0.717) is 37.1 Å². The van der Waals surface area contributed by atoms with Crippen molar-refractivity contribution in [3.63, 3.8) is 0 Å². The third-order valence-corrected chi connectivity index (χ3v) is 3.87. The number of hydrogen-bond acceptors (Lipinski definition) is 5. The van der Waals surface area contributed by atoms with Gasteiger partial charge in [0.1, 0.15) is 0 Å². The van der Waals surface area contributed by atoms with E-state index in [4.69, 9.17) is 25.8 Å². The van der Waals surface area contributed by atoms with E-state index < -0.39 is 11.9 Å². The van der Waals surface area contributed by atoms with E-state index in [2.05, 4.69) is 5.32 Å². The minimum atomic E-state index is -1.20. The molecule has 0 aliphatic carbocycles. The largest absolute Gasteiger partial charge is 0.490 e. The Morgan fingerprint density at radius 1 is 0.964 bits per heavy atom. The van der Waals surface area contributed by atoms with Crippen molar-refractivity contribution in [3.8, 4) is 17.2 Å². The zero-order valence-electron chi connectivity index (χ0n) is 15.9. The van der Waals surface area contributed by atoms with Gasteiger partial charge in [0.2, 0.25) is 5.75 Å². The van der Waals surface area contributed by atoms with E-state index in [1.54, 1.807) is 0 Å². The van der Waals surface area contributed by atoms with Crippen LogP contribution in [-0.2, 0) is 0 Å². The number of benzene rings is 2. The van der Waals surface area contributed by atoms with Crippen LogP contribution in [0.15, 0.2) is 30.3 Å². The van der Waals surface area contributed by atoms with E-state index in [9.17, 15) is 14.7 Å². The van der Waals surface area contributed by atoms with Crippen LogP contribution in [-0.4, -0.2) is 36.8 Å². The van der Waals surface area contributed by atoms with Gasteiger partial charge in [0.15, 0.2) is 11.5 Å². The van der Waals surface area contributed by atoms with Crippen molar-refractivity contribution in [2.45, 2.75) is 20.8 Å². The Kier molecular flexibility index (Phi) is 7.52. The lowest BCUT2D eigenvalue weighted by molar-refractivity contribution is 0.0698. The van der Waals surface area contributed by atoms with E-state index in [1.807, 2.05) is 20.8 Å². The van der Waals surface area contributed by atoms with E-state index in [1.165, 1.54) is 30.3 Å². The highest BCUT2D eigenvalue weighted by Crippen LogP contribution is 2.39. The van der Waals surface area contributed by atoms with Gasteiger partial charge in [-0.1, -0.05) is 11.6 Å². The Morgan fingerprint density at radius 3 is 2.04 bits per heavy atom. The number of carboxylic acid groups (broad SMARTS) is 1. The summed E-state index contributed by atoms with van der Waals surface area (Å²) in [6.07, 6.45) is 0. The number of carbonyl (C=O) groups is 2. The molecule has 2 aromatic rings. The van der Waals surface area contributed by atoms with Crippen molar-refractivity contribution in [2.75, 3.05) is 25.1 Å². The number of anilines is 1. The van der Waals surface area contributed by atoms with Crippen LogP contribution in [0.5, 0.6) is 17.2 Å². The van der Waals surface area contributed by atoms with Gasteiger partial charge in [-0.2, -0.15) is 0 Å². The summed E-state index contributed by atoms with van der Waals surface area (Å²) in [5.74, 6) is -0.560. The van der Waals surface area contributed by atoms with Crippen LogP contribution in [0.25, 0.3) is 0 Å². The van der Waals surface area contributed by atoms with Crippen LogP contribution in [0.4, 0.5) is 5.69 Å². The average molecular weight is 408 g/mol. The summed E-state index contributed by atoms with van der Waals surface area (Å²) >= 11 is 5.85. The van der Waals surface area contributed by atoms with Crippen LogP contribution in [0, 0.1) is 0 Å². The number of carbonyl (C=O) groups excluding carboxylic acids is 1. The van der Waals surface area contributed by atoms with Gasteiger partial charge in [0.25, 0.3) is 5.91 Å². The molecule has 0 fully saturated rings. The SMILES string of the molecule is CCOc1cc(C(=O)Nc2ccc(Cl)cc2C(=O)O)cc(OCC)c1OCC. The quantitative estimate of drug-likeness (QED) is 0.636. The van der Waals surface area contributed by atoms with Crippen LogP contribution in [0.1, 0.15) is 41.5 Å². The van der Waals surface area contributed by atoms with E-state index in [-0.39, 0.29) is 21.8 Å². The molecule has 0 spiro atoms. The Balaban J connectivity index is 2.44. The average Bonchev–Trinajstić information content (AvgIpc) is 2.65. The molecule has 0 unspecified atom stereocenters. The molecule has 150 valence electrons. The highest BCUT2D eigenvalue weighted by molar-refractivity contribution is 6.31. The first-order valence-corrected chi connectivity index (χ1v) is 9.19. The van der Waals surface area contributed by atoms with Crippen LogP contribution in [0.2, 0.25) is 5.02 Å². The normalized spacial score (nSPS) is 10.3.